The van der Waals surface area contributed by atoms with E-state index in [0.717, 1.165) is 24.1 Å². The fourth-order valence-electron chi connectivity index (χ4n) is 1.66. The van der Waals surface area contributed by atoms with Crippen molar-refractivity contribution in [3.63, 3.8) is 0 Å². The number of anilines is 1. The number of benzene rings is 1. The molecule has 2 N–H and O–H groups in total. The fourth-order valence-corrected chi connectivity index (χ4v) is 1.84. The van der Waals surface area contributed by atoms with Crippen LogP contribution in [-0.2, 0) is 0 Å². The summed E-state index contributed by atoms with van der Waals surface area (Å²) in [6, 6.07) is 5.31. The molecule has 1 rings (SSSR count). The van der Waals surface area contributed by atoms with Gasteiger partial charge in [-0.05, 0) is 31.0 Å². The molecule has 3 nitrogen and oxygen atoms in total. The van der Waals surface area contributed by atoms with E-state index in [0.29, 0.717) is 11.6 Å². The van der Waals surface area contributed by atoms with E-state index in [-0.39, 0.29) is 6.03 Å². The number of hydrogen-bond donors (Lipinski definition) is 2. The Morgan fingerprint density at radius 2 is 2.06 bits per heavy atom. The molecule has 0 aliphatic heterocycles. The number of urea groups is 1. The van der Waals surface area contributed by atoms with E-state index in [9.17, 15) is 4.79 Å². The largest absolute Gasteiger partial charge is 0.338 e. The molecule has 0 aromatic heterocycles. The minimum absolute atomic E-state index is 0.170. The topological polar surface area (TPSA) is 41.1 Å². The van der Waals surface area contributed by atoms with Gasteiger partial charge in [-0.2, -0.15) is 0 Å². The molecule has 100 valence electrons. The molecule has 0 saturated carbocycles. The van der Waals surface area contributed by atoms with Crippen LogP contribution in [0, 0.1) is 6.92 Å². The first kappa shape index (κ1) is 14.8. The van der Waals surface area contributed by atoms with Crippen molar-refractivity contribution in [2.24, 2.45) is 0 Å². The summed E-state index contributed by atoms with van der Waals surface area (Å²) in [7, 11) is 0. The van der Waals surface area contributed by atoms with Gasteiger partial charge < -0.3 is 10.6 Å². The minimum Gasteiger partial charge on any atom is -0.338 e. The lowest BCUT2D eigenvalue weighted by Crippen LogP contribution is -2.29. The molecule has 0 radical (unpaired) electrons. The van der Waals surface area contributed by atoms with Crippen molar-refractivity contribution in [1.82, 2.24) is 5.32 Å². The summed E-state index contributed by atoms with van der Waals surface area (Å²) < 4.78 is 0. The van der Waals surface area contributed by atoms with Gasteiger partial charge in [0.05, 0.1) is 0 Å². The van der Waals surface area contributed by atoms with Crippen LogP contribution in [0.5, 0.6) is 0 Å². The summed E-state index contributed by atoms with van der Waals surface area (Å²) in [6.07, 6.45) is 4.60. The highest BCUT2D eigenvalue weighted by atomic mass is 35.5. The highest BCUT2D eigenvalue weighted by molar-refractivity contribution is 6.31. The lowest BCUT2D eigenvalue weighted by molar-refractivity contribution is 0.252. The molecule has 18 heavy (non-hydrogen) atoms. The van der Waals surface area contributed by atoms with Gasteiger partial charge in [0.15, 0.2) is 0 Å². The van der Waals surface area contributed by atoms with E-state index in [1.807, 2.05) is 25.1 Å². The van der Waals surface area contributed by atoms with Crippen molar-refractivity contribution in [1.29, 1.82) is 0 Å². The molecule has 1 aromatic carbocycles. The molecule has 2 amide bonds. The Morgan fingerprint density at radius 3 is 2.78 bits per heavy atom. The van der Waals surface area contributed by atoms with Gasteiger partial charge in [-0.15, -0.1) is 0 Å². The average molecular weight is 269 g/mol. The van der Waals surface area contributed by atoms with Crippen molar-refractivity contribution < 1.29 is 4.79 Å². The zero-order chi connectivity index (χ0) is 13.4. The molecule has 0 heterocycles. The van der Waals surface area contributed by atoms with Crippen molar-refractivity contribution in [3.05, 3.63) is 28.8 Å². The van der Waals surface area contributed by atoms with Crippen LogP contribution in [-0.4, -0.2) is 12.6 Å². The van der Waals surface area contributed by atoms with Gasteiger partial charge in [0.25, 0.3) is 0 Å². The Morgan fingerprint density at radius 1 is 1.28 bits per heavy atom. The average Bonchev–Trinajstić information content (AvgIpc) is 2.35. The molecule has 0 aliphatic rings. The first-order valence-electron chi connectivity index (χ1n) is 6.45. The molecular weight excluding hydrogens is 248 g/mol. The summed E-state index contributed by atoms with van der Waals surface area (Å²) in [5, 5.41) is 6.31. The van der Waals surface area contributed by atoms with Gasteiger partial charge in [0.1, 0.15) is 0 Å². The maximum absolute atomic E-state index is 11.6. The summed E-state index contributed by atoms with van der Waals surface area (Å²) in [5.74, 6) is 0. The van der Waals surface area contributed by atoms with Crippen LogP contribution in [0.25, 0.3) is 0 Å². The smallest absolute Gasteiger partial charge is 0.319 e. The van der Waals surface area contributed by atoms with Crippen LogP contribution in [0.15, 0.2) is 18.2 Å². The van der Waals surface area contributed by atoms with Crippen LogP contribution in [0.4, 0.5) is 10.5 Å². The Balaban J connectivity index is 2.34. The SMILES string of the molecule is CCCCCCNC(=O)Nc1cccc(Cl)c1C. The third-order valence-corrected chi connectivity index (χ3v) is 3.24. The number of carbonyl (C=O) groups is 1. The van der Waals surface area contributed by atoms with E-state index < -0.39 is 0 Å². The molecule has 1 aromatic rings. The number of halogens is 1. The van der Waals surface area contributed by atoms with E-state index in [1.165, 1.54) is 12.8 Å². The lowest BCUT2D eigenvalue weighted by Gasteiger charge is -2.10. The van der Waals surface area contributed by atoms with E-state index in [2.05, 4.69) is 17.6 Å². The summed E-state index contributed by atoms with van der Waals surface area (Å²) in [4.78, 5) is 11.6. The van der Waals surface area contributed by atoms with Gasteiger partial charge in [0.2, 0.25) is 0 Å². The van der Waals surface area contributed by atoms with Crippen LogP contribution < -0.4 is 10.6 Å². The van der Waals surface area contributed by atoms with E-state index in [4.69, 9.17) is 11.6 Å². The van der Waals surface area contributed by atoms with E-state index >= 15 is 0 Å². The normalized spacial score (nSPS) is 10.2. The standard InChI is InChI=1S/C14H21ClN2O/c1-3-4-5-6-10-16-14(18)17-13-9-7-8-12(15)11(13)2/h7-9H,3-6,10H2,1-2H3,(H2,16,17,18). The maximum atomic E-state index is 11.6. The van der Waals surface area contributed by atoms with Crippen LogP contribution >= 0.6 is 11.6 Å². The minimum atomic E-state index is -0.170. The number of carbonyl (C=O) groups excluding carboxylic acids is 1. The molecule has 0 atom stereocenters. The maximum Gasteiger partial charge on any atom is 0.319 e. The van der Waals surface area contributed by atoms with Gasteiger partial charge in [-0.3, -0.25) is 0 Å². The second-order valence-electron chi connectivity index (χ2n) is 4.35. The van der Waals surface area contributed by atoms with Gasteiger partial charge in [-0.25, -0.2) is 4.79 Å². The predicted octanol–water partition coefficient (Wildman–Crippen LogP) is 4.35. The Labute approximate surface area is 114 Å². The van der Waals surface area contributed by atoms with Crippen LogP contribution in [0.2, 0.25) is 5.02 Å². The highest BCUT2D eigenvalue weighted by Gasteiger charge is 2.05. The zero-order valence-electron chi connectivity index (χ0n) is 11.1. The third-order valence-electron chi connectivity index (χ3n) is 2.83. The monoisotopic (exact) mass is 268 g/mol. The van der Waals surface area contributed by atoms with Crippen molar-refractivity contribution in [2.75, 3.05) is 11.9 Å². The molecule has 0 saturated heterocycles. The summed E-state index contributed by atoms with van der Waals surface area (Å²) in [6.45, 7) is 4.77. The first-order chi connectivity index (χ1) is 8.65. The molecule has 0 spiro atoms. The Kier molecular flexibility index (Phi) is 6.58. The molecule has 4 heteroatoms. The number of rotatable bonds is 6. The number of hydrogen-bond acceptors (Lipinski definition) is 1. The predicted molar refractivity (Wildman–Crippen MR) is 77.4 cm³/mol. The van der Waals surface area contributed by atoms with Crippen molar-refractivity contribution >= 4 is 23.3 Å². The zero-order valence-corrected chi connectivity index (χ0v) is 11.8. The van der Waals surface area contributed by atoms with Gasteiger partial charge in [-0.1, -0.05) is 43.9 Å². The number of amides is 2. The quantitative estimate of drug-likeness (QED) is 0.740. The number of nitrogens with one attached hydrogen (secondary N) is 2. The van der Waals surface area contributed by atoms with Gasteiger partial charge >= 0.3 is 6.03 Å². The fraction of sp³-hybridized carbons (Fsp3) is 0.500. The Hall–Kier alpha value is -1.22. The van der Waals surface area contributed by atoms with Gasteiger partial charge in [0, 0.05) is 17.3 Å². The Bertz CT molecular complexity index is 393. The molecule has 0 bridgehead atoms. The molecule has 0 unspecified atom stereocenters. The third kappa shape index (κ3) is 4.96. The van der Waals surface area contributed by atoms with Crippen molar-refractivity contribution in [3.8, 4) is 0 Å². The van der Waals surface area contributed by atoms with Crippen molar-refractivity contribution in [2.45, 2.75) is 39.5 Å². The molecular formula is C14H21ClN2O. The summed E-state index contributed by atoms with van der Waals surface area (Å²) >= 11 is 5.99. The second kappa shape index (κ2) is 7.98. The van der Waals surface area contributed by atoms with E-state index in [1.54, 1.807) is 0 Å². The number of unbranched alkanes of at least 4 members (excludes halogenated alkanes) is 3. The van der Waals surface area contributed by atoms with Crippen LogP contribution in [0.3, 0.4) is 0 Å². The highest BCUT2D eigenvalue weighted by Crippen LogP contribution is 2.22. The van der Waals surface area contributed by atoms with Crippen LogP contribution in [0.1, 0.15) is 38.2 Å². The molecule has 0 aliphatic carbocycles. The second-order valence-corrected chi connectivity index (χ2v) is 4.76. The summed E-state index contributed by atoms with van der Waals surface area (Å²) in [5.41, 5.74) is 1.65. The molecule has 0 fully saturated rings. The lowest BCUT2D eigenvalue weighted by atomic mass is 10.2. The first-order valence-corrected chi connectivity index (χ1v) is 6.83.